The van der Waals surface area contributed by atoms with E-state index in [1.165, 1.54) is 154 Å². The van der Waals surface area contributed by atoms with Gasteiger partial charge in [0.05, 0.1) is 0 Å². The smallest absolute Gasteiger partial charge is 0.0351 e. The van der Waals surface area contributed by atoms with E-state index in [2.05, 4.69) is 38.2 Å². The second kappa shape index (κ2) is 28.5. The Balaban J connectivity index is 3.08. The van der Waals surface area contributed by atoms with Crippen LogP contribution in [0.2, 0.25) is 0 Å². The highest BCUT2D eigenvalue weighted by atomic mass is 14.0. The maximum atomic E-state index is 2.43. The van der Waals surface area contributed by atoms with Crippen LogP contribution in [0.1, 0.15) is 168 Å². The van der Waals surface area contributed by atoms with Crippen molar-refractivity contribution < 1.29 is 0 Å². The fourth-order valence-corrected chi connectivity index (χ4v) is 4.14. The van der Waals surface area contributed by atoms with E-state index in [4.69, 9.17) is 0 Å². The number of rotatable bonds is 25. The van der Waals surface area contributed by atoms with Gasteiger partial charge in [-0.2, -0.15) is 0 Å². The van der Waals surface area contributed by atoms with Gasteiger partial charge in [-0.1, -0.05) is 141 Å². The van der Waals surface area contributed by atoms with E-state index in [9.17, 15) is 0 Å². The molecule has 0 N–H and O–H groups in total. The molecule has 0 aromatic carbocycles. The fourth-order valence-electron chi connectivity index (χ4n) is 4.14. The standard InChI is InChI=1S/C30H58/c1-3-5-7-9-11-13-15-17-19-21-23-25-27-29-30-28-26-24-22-20-18-16-14-12-10-8-6-4-2/h13-16H,3-12,17-30H2,1-2H3/b15-13-,16-14-. The van der Waals surface area contributed by atoms with Crippen LogP contribution in [0.5, 0.6) is 0 Å². The summed E-state index contributed by atoms with van der Waals surface area (Å²) in [5.74, 6) is 0. The van der Waals surface area contributed by atoms with Crippen LogP contribution in [0.25, 0.3) is 0 Å². The van der Waals surface area contributed by atoms with Crippen molar-refractivity contribution in [2.45, 2.75) is 168 Å². The molecular weight excluding hydrogens is 360 g/mol. The van der Waals surface area contributed by atoms with E-state index in [0.717, 1.165) is 0 Å². The minimum Gasteiger partial charge on any atom is -0.0885 e. The first kappa shape index (κ1) is 29.5. The van der Waals surface area contributed by atoms with Gasteiger partial charge in [0.25, 0.3) is 0 Å². The van der Waals surface area contributed by atoms with E-state index in [1.807, 2.05) is 0 Å². The number of allylic oxidation sites excluding steroid dienone is 4. The van der Waals surface area contributed by atoms with Gasteiger partial charge in [-0.3, -0.25) is 0 Å². The Morgan fingerprint density at radius 1 is 0.267 bits per heavy atom. The molecule has 0 unspecified atom stereocenters. The highest BCUT2D eigenvalue weighted by Crippen LogP contribution is 2.13. The van der Waals surface area contributed by atoms with Gasteiger partial charge >= 0.3 is 0 Å². The molecule has 0 atom stereocenters. The van der Waals surface area contributed by atoms with Gasteiger partial charge in [-0.05, 0) is 51.4 Å². The molecule has 0 fully saturated rings. The van der Waals surface area contributed by atoms with Crippen molar-refractivity contribution >= 4 is 0 Å². The van der Waals surface area contributed by atoms with E-state index >= 15 is 0 Å². The van der Waals surface area contributed by atoms with Crippen LogP contribution in [0, 0.1) is 0 Å². The molecule has 0 saturated heterocycles. The van der Waals surface area contributed by atoms with Crippen LogP contribution >= 0.6 is 0 Å². The third kappa shape index (κ3) is 27.5. The summed E-state index contributed by atoms with van der Waals surface area (Å²) in [6, 6.07) is 0. The predicted molar refractivity (Wildman–Crippen MR) is 140 cm³/mol. The number of hydrogen-bond acceptors (Lipinski definition) is 0. The molecule has 0 aromatic rings. The summed E-state index contributed by atoms with van der Waals surface area (Å²) < 4.78 is 0. The Hall–Kier alpha value is -0.520. The molecule has 0 aromatic heterocycles. The average Bonchev–Trinajstić information content (AvgIpc) is 2.76. The number of hydrogen-bond donors (Lipinski definition) is 0. The predicted octanol–water partition coefficient (Wildman–Crippen LogP) is 11.5. The van der Waals surface area contributed by atoms with Gasteiger partial charge in [-0.15, -0.1) is 0 Å². The van der Waals surface area contributed by atoms with Gasteiger partial charge in [0, 0.05) is 0 Å². The van der Waals surface area contributed by atoms with E-state index in [0.29, 0.717) is 0 Å². The second-order valence-electron chi connectivity index (χ2n) is 9.46. The molecule has 0 heteroatoms. The fraction of sp³-hybridized carbons (Fsp3) is 0.867. The van der Waals surface area contributed by atoms with Gasteiger partial charge in [-0.25, -0.2) is 0 Å². The van der Waals surface area contributed by atoms with Crippen molar-refractivity contribution in [2.24, 2.45) is 0 Å². The maximum Gasteiger partial charge on any atom is -0.0351 e. The molecule has 0 nitrogen and oxygen atoms in total. The van der Waals surface area contributed by atoms with E-state index in [-0.39, 0.29) is 0 Å². The van der Waals surface area contributed by atoms with Crippen LogP contribution in [-0.2, 0) is 0 Å². The van der Waals surface area contributed by atoms with Gasteiger partial charge < -0.3 is 0 Å². The Kier molecular flexibility index (Phi) is 28.0. The molecule has 0 aliphatic rings. The molecule has 0 radical (unpaired) electrons. The monoisotopic (exact) mass is 418 g/mol. The van der Waals surface area contributed by atoms with Crippen molar-refractivity contribution in [2.75, 3.05) is 0 Å². The van der Waals surface area contributed by atoms with Crippen molar-refractivity contribution in [1.29, 1.82) is 0 Å². The highest BCUT2D eigenvalue weighted by molar-refractivity contribution is 4.81. The first-order valence-electron chi connectivity index (χ1n) is 14.2. The van der Waals surface area contributed by atoms with Crippen LogP contribution in [0.15, 0.2) is 24.3 Å². The van der Waals surface area contributed by atoms with Crippen LogP contribution < -0.4 is 0 Å². The molecule has 30 heavy (non-hydrogen) atoms. The lowest BCUT2D eigenvalue weighted by molar-refractivity contribution is 0.542. The first-order valence-corrected chi connectivity index (χ1v) is 14.2. The van der Waals surface area contributed by atoms with Gasteiger partial charge in [0.15, 0.2) is 0 Å². The normalized spacial score (nSPS) is 11.9. The molecular formula is C30H58. The van der Waals surface area contributed by atoms with Gasteiger partial charge in [0.2, 0.25) is 0 Å². The second-order valence-corrected chi connectivity index (χ2v) is 9.46. The molecule has 0 rings (SSSR count). The summed E-state index contributed by atoms with van der Waals surface area (Å²) in [5.41, 5.74) is 0. The van der Waals surface area contributed by atoms with Crippen LogP contribution in [-0.4, -0.2) is 0 Å². The summed E-state index contributed by atoms with van der Waals surface area (Å²) in [7, 11) is 0. The molecule has 0 saturated carbocycles. The maximum absolute atomic E-state index is 2.43. The van der Waals surface area contributed by atoms with E-state index < -0.39 is 0 Å². The van der Waals surface area contributed by atoms with Crippen molar-refractivity contribution in [1.82, 2.24) is 0 Å². The Bertz CT molecular complexity index is 304. The first-order chi connectivity index (χ1) is 14.9. The molecule has 0 aliphatic heterocycles. The zero-order chi connectivity index (χ0) is 21.8. The van der Waals surface area contributed by atoms with Crippen LogP contribution in [0.4, 0.5) is 0 Å². The molecule has 0 heterocycles. The Labute approximate surface area is 192 Å². The molecule has 0 spiro atoms. The highest BCUT2D eigenvalue weighted by Gasteiger charge is 1.94. The Morgan fingerprint density at radius 2 is 0.467 bits per heavy atom. The summed E-state index contributed by atoms with van der Waals surface area (Å²) in [4.78, 5) is 0. The molecule has 0 bridgehead atoms. The minimum absolute atomic E-state index is 1.30. The minimum atomic E-state index is 1.30. The molecule has 0 amide bonds. The largest absolute Gasteiger partial charge is 0.0885 e. The summed E-state index contributed by atoms with van der Waals surface area (Å²) in [6.45, 7) is 4.57. The molecule has 0 aliphatic carbocycles. The topological polar surface area (TPSA) is 0 Å². The quantitative estimate of drug-likeness (QED) is 0.102. The van der Waals surface area contributed by atoms with E-state index in [1.54, 1.807) is 0 Å². The van der Waals surface area contributed by atoms with Crippen molar-refractivity contribution in [3.8, 4) is 0 Å². The van der Waals surface area contributed by atoms with Crippen molar-refractivity contribution in [3.05, 3.63) is 24.3 Å². The SMILES string of the molecule is CCCCCC/C=C\CCCCCCCCCCCCCC/C=C\CCCCCC. The lowest BCUT2D eigenvalue weighted by Gasteiger charge is -2.02. The van der Waals surface area contributed by atoms with Crippen molar-refractivity contribution in [3.63, 3.8) is 0 Å². The lowest BCUT2D eigenvalue weighted by Crippen LogP contribution is -1.83. The van der Waals surface area contributed by atoms with Gasteiger partial charge in [0.1, 0.15) is 0 Å². The Morgan fingerprint density at radius 3 is 0.700 bits per heavy atom. The summed E-state index contributed by atoms with van der Waals surface area (Å²) >= 11 is 0. The third-order valence-corrected chi connectivity index (χ3v) is 6.27. The zero-order valence-electron chi connectivity index (χ0n) is 21.3. The summed E-state index contributed by atoms with van der Waals surface area (Å²) in [5, 5.41) is 0. The van der Waals surface area contributed by atoms with Crippen LogP contribution in [0.3, 0.4) is 0 Å². The summed E-state index contributed by atoms with van der Waals surface area (Å²) in [6.07, 6.45) is 43.4. The number of unbranched alkanes of at least 4 members (excludes halogenated alkanes) is 21. The zero-order valence-corrected chi connectivity index (χ0v) is 21.3. The third-order valence-electron chi connectivity index (χ3n) is 6.27. The molecule has 178 valence electrons. The average molecular weight is 419 g/mol. The lowest BCUT2D eigenvalue weighted by atomic mass is 10.0.